The lowest BCUT2D eigenvalue weighted by molar-refractivity contribution is -0.566. The van der Waals surface area contributed by atoms with Crippen LogP contribution in [0.25, 0.3) is 0 Å². The van der Waals surface area contributed by atoms with Gasteiger partial charge in [0.2, 0.25) is 13.4 Å². The molecule has 0 saturated carbocycles. The van der Waals surface area contributed by atoms with Crippen LogP contribution in [-0.4, -0.2) is 47.8 Å². The molecule has 0 fully saturated rings. The number of aliphatic hydroxyl groups is 1. The van der Waals surface area contributed by atoms with Gasteiger partial charge in [0.1, 0.15) is 0 Å². The molecular weight excluding hydrogens is 104 g/mol. The molecule has 0 spiro atoms. The fourth-order valence-electron chi connectivity index (χ4n) is 0.783. The summed E-state index contributed by atoms with van der Waals surface area (Å²) in [5.74, 6) is 0. The van der Waals surface area contributed by atoms with Crippen LogP contribution in [0.15, 0.2) is 0 Å². The third-order valence-electron chi connectivity index (χ3n) is 1.26. The Morgan fingerprint density at radius 2 is 2.62 bits per heavy atom. The summed E-state index contributed by atoms with van der Waals surface area (Å²) < 4.78 is 1.86. The molecule has 0 aliphatic carbocycles. The first-order valence-corrected chi connectivity index (χ1v) is 2.69. The van der Waals surface area contributed by atoms with Gasteiger partial charge < -0.3 is 5.11 Å². The van der Waals surface area contributed by atoms with E-state index >= 15 is 0 Å². The third-order valence-corrected chi connectivity index (χ3v) is 1.26. The Kier molecular flexibility index (Phi) is 1.60. The van der Waals surface area contributed by atoms with E-state index in [0.717, 1.165) is 13.2 Å². The fraction of sp³-hybridized carbons (Fsp3) is 0.800. The second-order valence-corrected chi connectivity index (χ2v) is 2.09. The highest BCUT2D eigenvalue weighted by molar-refractivity contribution is 5.54. The van der Waals surface area contributed by atoms with E-state index in [1.165, 1.54) is 0 Å². The SMILES string of the molecule is CN1CC=[N+](CO)C1. The highest BCUT2D eigenvalue weighted by atomic mass is 16.3. The van der Waals surface area contributed by atoms with Crippen LogP contribution in [0, 0.1) is 0 Å². The molecule has 8 heavy (non-hydrogen) atoms. The molecular formula is C5H11N2O+. The van der Waals surface area contributed by atoms with Crippen molar-refractivity contribution in [2.75, 3.05) is 27.0 Å². The lowest BCUT2D eigenvalue weighted by atomic mass is 10.7. The molecule has 0 amide bonds. The zero-order valence-corrected chi connectivity index (χ0v) is 5.04. The van der Waals surface area contributed by atoms with Crippen molar-refractivity contribution in [1.82, 2.24) is 4.90 Å². The summed E-state index contributed by atoms with van der Waals surface area (Å²) >= 11 is 0. The summed E-state index contributed by atoms with van der Waals surface area (Å²) in [6.07, 6.45) is 1.99. The second kappa shape index (κ2) is 2.24. The van der Waals surface area contributed by atoms with Crippen LogP contribution in [0.2, 0.25) is 0 Å². The molecule has 1 aliphatic heterocycles. The number of hydrogen-bond donors (Lipinski definition) is 1. The summed E-state index contributed by atoms with van der Waals surface area (Å²) in [6.45, 7) is 1.96. The van der Waals surface area contributed by atoms with Crippen LogP contribution in [0.5, 0.6) is 0 Å². The lowest BCUT2D eigenvalue weighted by Gasteiger charge is -1.98. The van der Waals surface area contributed by atoms with Crippen molar-refractivity contribution >= 4 is 6.21 Å². The zero-order chi connectivity index (χ0) is 5.98. The van der Waals surface area contributed by atoms with E-state index in [-0.39, 0.29) is 6.73 Å². The predicted octanol–water partition coefficient (Wildman–Crippen LogP) is -1.08. The number of rotatable bonds is 1. The van der Waals surface area contributed by atoms with Crippen molar-refractivity contribution in [3.63, 3.8) is 0 Å². The van der Waals surface area contributed by atoms with Crippen molar-refractivity contribution < 1.29 is 9.68 Å². The Labute approximate surface area is 48.9 Å². The van der Waals surface area contributed by atoms with Crippen molar-refractivity contribution in [2.45, 2.75) is 0 Å². The van der Waals surface area contributed by atoms with Crippen LogP contribution in [0.1, 0.15) is 0 Å². The fourth-order valence-corrected chi connectivity index (χ4v) is 0.783. The second-order valence-electron chi connectivity index (χ2n) is 2.09. The van der Waals surface area contributed by atoms with E-state index in [9.17, 15) is 0 Å². The van der Waals surface area contributed by atoms with E-state index < -0.39 is 0 Å². The Hall–Kier alpha value is -0.410. The molecule has 0 aromatic rings. The van der Waals surface area contributed by atoms with Crippen LogP contribution >= 0.6 is 0 Å². The van der Waals surface area contributed by atoms with Crippen molar-refractivity contribution in [1.29, 1.82) is 0 Å². The minimum Gasteiger partial charge on any atom is -0.339 e. The minimum atomic E-state index is 0.143. The normalized spacial score (nSPS) is 21.5. The molecule has 46 valence electrons. The van der Waals surface area contributed by atoms with Crippen LogP contribution in [0.4, 0.5) is 0 Å². The molecule has 0 atom stereocenters. The Bertz CT molecular complexity index is 111. The van der Waals surface area contributed by atoms with Gasteiger partial charge >= 0.3 is 0 Å². The van der Waals surface area contributed by atoms with E-state index in [4.69, 9.17) is 5.11 Å². The average Bonchev–Trinajstić information content (AvgIpc) is 2.14. The first-order valence-electron chi connectivity index (χ1n) is 2.69. The predicted molar refractivity (Wildman–Crippen MR) is 30.9 cm³/mol. The topological polar surface area (TPSA) is 26.5 Å². The maximum absolute atomic E-state index is 8.55. The van der Waals surface area contributed by atoms with E-state index in [0.29, 0.717) is 0 Å². The van der Waals surface area contributed by atoms with Gasteiger partial charge in [0.05, 0.1) is 6.54 Å². The molecule has 1 N–H and O–H groups in total. The molecule has 3 heteroatoms. The first kappa shape index (κ1) is 5.72. The van der Waals surface area contributed by atoms with Gasteiger partial charge in [-0.3, -0.25) is 0 Å². The summed E-state index contributed by atoms with van der Waals surface area (Å²) in [6, 6.07) is 0. The summed E-state index contributed by atoms with van der Waals surface area (Å²) in [4.78, 5) is 2.12. The van der Waals surface area contributed by atoms with Crippen LogP contribution in [0.3, 0.4) is 0 Å². The highest BCUT2D eigenvalue weighted by Crippen LogP contribution is 1.87. The molecule has 0 aromatic heterocycles. The third kappa shape index (κ3) is 1.05. The Balaban J connectivity index is 2.37. The van der Waals surface area contributed by atoms with Gasteiger partial charge in [-0.05, 0) is 7.05 Å². The number of hydrogen-bond acceptors (Lipinski definition) is 2. The lowest BCUT2D eigenvalue weighted by Crippen LogP contribution is -2.20. The number of aliphatic hydroxyl groups excluding tert-OH is 1. The molecule has 1 aliphatic rings. The van der Waals surface area contributed by atoms with Crippen molar-refractivity contribution in [3.05, 3.63) is 0 Å². The van der Waals surface area contributed by atoms with Gasteiger partial charge in [0.15, 0.2) is 6.21 Å². The Morgan fingerprint density at radius 1 is 1.88 bits per heavy atom. The minimum absolute atomic E-state index is 0.143. The van der Waals surface area contributed by atoms with Crippen molar-refractivity contribution in [3.8, 4) is 0 Å². The molecule has 1 rings (SSSR count). The first-order chi connectivity index (χ1) is 3.83. The molecule has 1 heterocycles. The van der Waals surface area contributed by atoms with Gasteiger partial charge in [0, 0.05) is 0 Å². The summed E-state index contributed by atoms with van der Waals surface area (Å²) in [5.41, 5.74) is 0. The van der Waals surface area contributed by atoms with Gasteiger partial charge in [0.25, 0.3) is 0 Å². The molecule has 0 unspecified atom stereocenters. The Morgan fingerprint density at radius 3 is 2.88 bits per heavy atom. The zero-order valence-electron chi connectivity index (χ0n) is 5.04. The molecule has 0 saturated heterocycles. The van der Waals surface area contributed by atoms with Gasteiger partial charge in [-0.25, -0.2) is 4.90 Å². The highest BCUT2D eigenvalue weighted by Gasteiger charge is 2.13. The van der Waals surface area contributed by atoms with Crippen LogP contribution in [-0.2, 0) is 0 Å². The largest absolute Gasteiger partial charge is 0.339 e. The van der Waals surface area contributed by atoms with E-state index in [1.807, 2.05) is 17.8 Å². The van der Waals surface area contributed by atoms with E-state index in [1.54, 1.807) is 0 Å². The van der Waals surface area contributed by atoms with Gasteiger partial charge in [-0.2, -0.15) is 4.58 Å². The summed E-state index contributed by atoms with van der Waals surface area (Å²) in [7, 11) is 2.02. The molecule has 0 bridgehead atoms. The maximum atomic E-state index is 8.55. The standard InChI is InChI=1S/C5H11N2O/c1-6-2-3-7(4-6)5-8/h3,8H,2,4-5H2,1H3/q+1. The monoisotopic (exact) mass is 115 g/mol. The van der Waals surface area contributed by atoms with Gasteiger partial charge in [-0.1, -0.05) is 0 Å². The molecule has 0 radical (unpaired) electrons. The smallest absolute Gasteiger partial charge is 0.245 e. The quantitative estimate of drug-likeness (QED) is 0.440. The van der Waals surface area contributed by atoms with Crippen molar-refractivity contribution in [2.24, 2.45) is 0 Å². The van der Waals surface area contributed by atoms with E-state index in [2.05, 4.69) is 4.90 Å². The molecule has 0 aromatic carbocycles. The van der Waals surface area contributed by atoms with Gasteiger partial charge in [-0.15, -0.1) is 0 Å². The van der Waals surface area contributed by atoms with Crippen LogP contribution < -0.4 is 0 Å². The average molecular weight is 115 g/mol. The summed E-state index contributed by atoms with van der Waals surface area (Å²) in [5, 5.41) is 8.55. The maximum Gasteiger partial charge on any atom is 0.245 e. The number of nitrogens with zero attached hydrogens (tertiary/aromatic N) is 2. The molecule has 3 nitrogen and oxygen atoms in total.